The quantitative estimate of drug-likeness (QED) is 0.850. The van der Waals surface area contributed by atoms with Crippen molar-refractivity contribution in [2.75, 3.05) is 20.1 Å². The molecule has 0 aromatic carbocycles. The summed E-state index contributed by atoms with van der Waals surface area (Å²) in [6, 6.07) is 6.43. The lowest BCUT2D eigenvalue weighted by molar-refractivity contribution is 0.209. The molecule has 3 rings (SSSR count). The molecule has 0 amide bonds. The number of aromatic nitrogens is 3. The molecule has 2 aromatic rings. The molecular formula is C18H26N4. The van der Waals surface area contributed by atoms with E-state index < -0.39 is 0 Å². The molecule has 4 nitrogen and oxygen atoms in total. The third-order valence-corrected chi connectivity index (χ3v) is 4.49. The highest BCUT2D eigenvalue weighted by Crippen LogP contribution is 2.21. The van der Waals surface area contributed by atoms with Gasteiger partial charge in [-0.05, 0) is 62.9 Å². The van der Waals surface area contributed by atoms with Gasteiger partial charge in [0.1, 0.15) is 0 Å². The number of nitrogens with zero attached hydrogens (tertiary/aromatic N) is 4. The summed E-state index contributed by atoms with van der Waals surface area (Å²) in [4.78, 5) is 7.12. The second kappa shape index (κ2) is 7.05. The molecule has 0 spiro atoms. The molecule has 1 fully saturated rings. The molecule has 118 valence electrons. The van der Waals surface area contributed by atoms with Gasteiger partial charge in [-0.3, -0.25) is 9.67 Å². The summed E-state index contributed by atoms with van der Waals surface area (Å²) < 4.78 is 2.04. The second-order valence-corrected chi connectivity index (χ2v) is 6.47. The predicted octanol–water partition coefficient (Wildman–Crippen LogP) is 3.24. The first-order valence-electron chi connectivity index (χ1n) is 8.42. The van der Waals surface area contributed by atoms with Crippen LogP contribution in [-0.4, -0.2) is 39.8 Å². The summed E-state index contributed by atoms with van der Waals surface area (Å²) in [6.07, 6.45) is 8.80. The van der Waals surface area contributed by atoms with Crippen molar-refractivity contribution in [3.05, 3.63) is 36.2 Å². The number of likely N-dealkylation sites (tertiary alicyclic amines) is 1. The molecule has 0 bridgehead atoms. The van der Waals surface area contributed by atoms with E-state index in [0.717, 1.165) is 36.7 Å². The summed E-state index contributed by atoms with van der Waals surface area (Å²) in [7, 11) is 2.22. The van der Waals surface area contributed by atoms with E-state index in [0.29, 0.717) is 0 Å². The van der Waals surface area contributed by atoms with Crippen molar-refractivity contribution in [2.24, 2.45) is 5.92 Å². The van der Waals surface area contributed by atoms with Crippen molar-refractivity contribution in [1.29, 1.82) is 0 Å². The SMILES string of the molecule is CCCn1nccc1-c1ccc(CC2CCCN(C)C2)cn1. The van der Waals surface area contributed by atoms with E-state index in [1.165, 1.54) is 31.5 Å². The van der Waals surface area contributed by atoms with E-state index in [9.17, 15) is 0 Å². The lowest BCUT2D eigenvalue weighted by Gasteiger charge is -2.29. The molecule has 0 N–H and O–H groups in total. The molecule has 1 aliphatic rings. The van der Waals surface area contributed by atoms with Crippen molar-refractivity contribution in [3.63, 3.8) is 0 Å². The van der Waals surface area contributed by atoms with Gasteiger partial charge >= 0.3 is 0 Å². The van der Waals surface area contributed by atoms with Crippen LogP contribution in [0.15, 0.2) is 30.6 Å². The Bertz CT molecular complexity index is 587. The topological polar surface area (TPSA) is 34.0 Å². The Morgan fingerprint density at radius 1 is 1.27 bits per heavy atom. The monoisotopic (exact) mass is 298 g/mol. The second-order valence-electron chi connectivity index (χ2n) is 6.47. The number of rotatable bonds is 5. The highest BCUT2D eigenvalue weighted by Gasteiger charge is 2.17. The molecule has 1 aliphatic heterocycles. The smallest absolute Gasteiger partial charge is 0.0883 e. The van der Waals surface area contributed by atoms with Gasteiger partial charge in [0.05, 0.1) is 11.4 Å². The maximum Gasteiger partial charge on any atom is 0.0883 e. The maximum absolute atomic E-state index is 4.67. The van der Waals surface area contributed by atoms with Crippen LogP contribution in [0.3, 0.4) is 0 Å². The van der Waals surface area contributed by atoms with Gasteiger partial charge in [-0.2, -0.15) is 5.10 Å². The summed E-state index contributed by atoms with van der Waals surface area (Å²) in [6.45, 7) is 5.57. The summed E-state index contributed by atoms with van der Waals surface area (Å²) >= 11 is 0. The minimum atomic E-state index is 0.775. The van der Waals surface area contributed by atoms with Gasteiger partial charge < -0.3 is 4.90 Å². The standard InChI is InChI=1S/C18H26N4/c1-3-10-22-18(8-9-20-22)17-7-6-15(13-19-17)12-16-5-4-11-21(2)14-16/h6-9,13,16H,3-5,10-12,14H2,1-2H3. The van der Waals surface area contributed by atoms with Crippen molar-refractivity contribution in [2.45, 2.75) is 39.2 Å². The molecule has 1 unspecified atom stereocenters. The first kappa shape index (κ1) is 15.2. The minimum Gasteiger partial charge on any atom is -0.306 e. The number of hydrogen-bond acceptors (Lipinski definition) is 3. The van der Waals surface area contributed by atoms with E-state index in [4.69, 9.17) is 0 Å². The third-order valence-electron chi connectivity index (χ3n) is 4.49. The number of pyridine rings is 1. The summed E-state index contributed by atoms with van der Waals surface area (Å²) in [5.41, 5.74) is 3.49. The van der Waals surface area contributed by atoms with Crippen molar-refractivity contribution >= 4 is 0 Å². The fourth-order valence-corrected chi connectivity index (χ4v) is 3.41. The first-order valence-corrected chi connectivity index (χ1v) is 8.42. The molecule has 3 heterocycles. The van der Waals surface area contributed by atoms with Crippen molar-refractivity contribution < 1.29 is 0 Å². The van der Waals surface area contributed by atoms with Crippen LogP contribution in [0.5, 0.6) is 0 Å². The Morgan fingerprint density at radius 2 is 2.18 bits per heavy atom. The summed E-state index contributed by atoms with van der Waals surface area (Å²) in [5.74, 6) is 0.775. The van der Waals surface area contributed by atoms with Crippen molar-refractivity contribution in [3.8, 4) is 11.4 Å². The highest BCUT2D eigenvalue weighted by molar-refractivity contribution is 5.54. The fraction of sp³-hybridized carbons (Fsp3) is 0.556. The van der Waals surface area contributed by atoms with Crippen molar-refractivity contribution in [1.82, 2.24) is 19.7 Å². The number of hydrogen-bond donors (Lipinski definition) is 0. The Morgan fingerprint density at radius 3 is 2.91 bits per heavy atom. The van der Waals surface area contributed by atoms with E-state index in [1.807, 2.05) is 23.1 Å². The Kier molecular flexibility index (Phi) is 4.88. The van der Waals surface area contributed by atoms with Gasteiger partial charge in [0.25, 0.3) is 0 Å². The zero-order chi connectivity index (χ0) is 15.4. The highest BCUT2D eigenvalue weighted by atomic mass is 15.3. The molecule has 1 saturated heterocycles. The van der Waals surface area contributed by atoms with Crippen LogP contribution < -0.4 is 0 Å². The van der Waals surface area contributed by atoms with Crippen LogP contribution in [-0.2, 0) is 13.0 Å². The normalized spacial score (nSPS) is 19.5. The molecular weight excluding hydrogens is 272 g/mol. The van der Waals surface area contributed by atoms with Crippen LogP contribution in [0, 0.1) is 5.92 Å². The Hall–Kier alpha value is -1.68. The molecule has 2 aromatic heterocycles. The molecule has 0 saturated carbocycles. The van der Waals surface area contributed by atoms with Crippen LogP contribution in [0.1, 0.15) is 31.7 Å². The van der Waals surface area contributed by atoms with Crippen LogP contribution in [0.2, 0.25) is 0 Å². The van der Waals surface area contributed by atoms with Gasteiger partial charge in [-0.15, -0.1) is 0 Å². The van der Waals surface area contributed by atoms with E-state index in [1.54, 1.807) is 0 Å². The van der Waals surface area contributed by atoms with Gasteiger partial charge in [-0.25, -0.2) is 0 Å². The zero-order valence-corrected chi connectivity index (χ0v) is 13.7. The van der Waals surface area contributed by atoms with Crippen LogP contribution in [0.25, 0.3) is 11.4 Å². The molecule has 0 aliphatic carbocycles. The average molecular weight is 298 g/mol. The fourth-order valence-electron chi connectivity index (χ4n) is 3.41. The molecule has 1 atom stereocenters. The van der Waals surface area contributed by atoms with Crippen LogP contribution in [0.4, 0.5) is 0 Å². The number of piperidine rings is 1. The third kappa shape index (κ3) is 3.55. The van der Waals surface area contributed by atoms with Gasteiger partial charge in [0.2, 0.25) is 0 Å². The lowest BCUT2D eigenvalue weighted by atomic mass is 9.92. The molecule has 22 heavy (non-hydrogen) atoms. The average Bonchev–Trinajstić information content (AvgIpc) is 2.97. The maximum atomic E-state index is 4.67. The van der Waals surface area contributed by atoms with Crippen LogP contribution >= 0.6 is 0 Å². The lowest BCUT2D eigenvalue weighted by Crippen LogP contribution is -2.32. The van der Waals surface area contributed by atoms with E-state index >= 15 is 0 Å². The van der Waals surface area contributed by atoms with Gasteiger partial charge in [0.15, 0.2) is 0 Å². The Balaban J connectivity index is 1.68. The largest absolute Gasteiger partial charge is 0.306 e. The van der Waals surface area contributed by atoms with E-state index in [-0.39, 0.29) is 0 Å². The minimum absolute atomic E-state index is 0.775. The summed E-state index contributed by atoms with van der Waals surface area (Å²) in [5, 5.41) is 4.38. The van der Waals surface area contributed by atoms with Gasteiger partial charge in [-0.1, -0.05) is 13.0 Å². The Labute approximate surface area is 133 Å². The first-order chi connectivity index (χ1) is 10.8. The van der Waals surface area contributed by atoms with Gasteiger partial charge in [0, 0.05) is 25.5 Å². The van der Waals surface area contributed by atoms with E-state index in [2.05, 4.69) is 41.1 Å². The number of aryl methyl sites for hydroxylation is 1. The zero-order valence-electron chi connectivity index (χ0n) is 13.7. The molecule has 4 heteroatoms. The molecule has 0 radical (unpaired) electrons. The predicted molar refractivity (Wildman–Crippen MR) is 89.7 cm³/mol.